The van der Waals surface area contributed by atoms with Crippen molar-refractivity contribution >= 4 is 22.6 Å². The molecule has 0 aliphatic rings. The van der Waals surface area contributed by atoms with Crippen molar-refractivity contribution in [2.45, 2.75) is 27.3 Å². The van der Waals surface area contributed by atoms with Crippen LogP contribution in [0.25, 0.3) is 22.2 Å². The zero-order valence-corrected chi connectivity index (χ0v) is 18.3. The van der Waals surface area contributed by atoms with Gasteiger partial charge in [0, 0.05) is 25.9 Å². The van der Waals surface area contributed by atoms with Gasteiger partial charge in [-0.1, -0.05) is 50.6 Å². The Balaban J connectivity index is 1.72. The van der Waals surface area contributed by atoms with E-state index in [4.69, 9.17) is 16.3 Å². The molecule has 0 N–H and O–H groups in total. The molecule has 2 heterocycles. The highest BCUT2D eigenvalue weighted by Crippen LogP contribution is 2.30. The molecular formula is C24H24ClN3O2. The maximum Gasteiger partial charge on any atom is 0.328 e. The van der Waals surface area contributed by atoms with Gasteiger partial charge in [-0.25, -0.2) is 9.78 Å². The molecule has 0 bridgehead atoms. The molecule has 2 aromatic carbocycles. The van der Waals surface area contributed by atoms with Gasteiger partial charge in [-0.05, 0) is 46.9 Å². The summed E-state index contributed by atoms with van der Waals surface area (Å²) in [5, 5.41) is 0.384. The lowest BCUT2D eigenvalue weighted by molar-refractivity contribution is 0.342. The Labute approximate surface area is 180 Å². The molecule has 2 aromatic heterocycles. The molecule has 154 valence electrons. The number of rotatable bonds is 4. The first-order valence-electron chi connectivity index (χ1n) is 9.80. The van der Waals surface area contributed by atoms with Crippen LogP contribution in [0.3, 0.4) is 0 Å². The van der Waals surface area contributed by atoms with Gasteiger partial charge in [0.2, 0.25) is 0 Å². The van der Waals surface area contributed by atoms with Crippen LogP contribution in [0.1, 0.15) is 20.8 Å². The summed E-state index contributed by atoms with van der Waals surface area (Å²) in [5.74, 6) is 1.33. The minimum Gasteiger partial charge on any atom is -0.457 e. The van der Waals surface area contributed by atoms with E-state index in [1.165, 1.54) is 0 Å². The van der Waals surface area contributed by atoms with E-state index in [2.05, 4.69) is 31.8 Å². The van der Waals surface area contributed by atoms with Gasteiger partial charge in [-0.15, -0.1) is 0 Å². The lowest BCUT2D eigenvalue weighted by Gasteiger charge is -2.18. The average molecular weight is 422 g/mol. The average Bonchev–Trinajstić information content (AvgIpc) is 2.91. The number of aromatic nitrogens is 3. The summed E-state index contributed by atoms with van der Waals surface area (Å²) in [5.41, 5.74) is 3.89. The molecular weight excluding hydrogens is 398 g/mol. The molecule has 4 rings (SSSR count). The van der Waals surface area contributed by atoms with Crippen LogP contribution in [-0.4, -0.2) is 14.1 Å². The number of nitrogens with zero attached hydrogens (tertiary/aromatic N) is 3. The number of aryl methyl sites for hydroxylation is 1. The summed E-state index contributed by atoms with van der Waals surface area (Å²) in [6, 6.07) is 17.4. The Bertz CT molecular complexity index is 1280. The van der Waals surface area contributed by atoms with Gasteiger partial charge in [0.05, 0.1) is 11.0 Å². The van der Waals surface area contributed by atoms with Crippen LogP contribution in [0.4, 0.5) is 0 Å². The third kappa shape index (κ3) is 4.12. The molecule has 6 heteroatoms. The first-order valence-corrected chi connectivity index (χ1v) is 10.2. The van der Waals surface area contributed by atoms with Crippen molar-refractivity contribution in [3.05, 3.63) is 76.4 Å². The second-order valence-electron chi connectivity index (χ2n) is 8.64. The van der Waals surface area contributed by atoms with E-state index >= 15 is 0 Å². The van der Waals surface area contributed by atoms with Crippen LogP contribution in [0.5, 0.6) is 11.5 Å². The fourth-order valence-electron chi connectivity index (χ4n) is 3.54. The van der Waals surface area contributed by atoms with E-state index in [1.807, 2.05) is 48.0 Å². The maximum absolute atomic E-state index is 12.8. The predicted molar refractivity (Wildman–Crippen MR) is 121 cm³/mol. The van der Waals surface area contributed by atoms with Gasteiger partial charge in [-0.3, -0.25) is 9.13 Å². The van der Waals surface area contributed by atoms with Gasteiger partial charge in [0.25, 0.3) is 0 Å². The number of hydrogen-bond donors (Lipinski definition) is 0. The van der Waals surface area contributed by atoms with Crippen molar-refractivity contribution in [3.63, 3.8) is 0 Å². The molecule has 0 aliphatic heterocycles. The fraction of sp³-hybridized carbons (Fsp3) is 0.250. The molecule has 4 aromatic rings. The topological polar surface area (TPSA) is 49.0 Å². The molecule has 0 saturated carbocycles. The predicted octanol–water partition coefficient (Wildman–Crippen LogP) is 5.89. The molecule has 5 nitrogen and oxygen atoms in total. The van der Waals surface area contributed by atoms with Gasteiger partial charge in [-0.2, -0.15) is 0 Å². The minimum absolute atomic E-state index is 0.00345. The van der Waals surface area contributed by atoms with E-state index in [0.717, 1.165) is 22.2 Å². The Kier molecular flexibility index (Phi) is 5.16. The maximum atomic E-state index is 12.8. The quantitative estimate of drug-likeness (QED) is 0.386. The minimum atomic E-state index is 0.00345. The van der Waals surface area contributed by atoms with E-state index in [-0.39, 0.29) is 11.1 Å². The van der Waals surface area contributed by atoms with Crippen LogP contribution in [0, 0.1) is 5.41 Å². The second-order valence-corrected chi connectivity index (χ2v) is 9.02. The lowest BCUT2D eigenvalue weighted by Crippen LogP contribution is -2.27. The number of pyridine rings is 1. The number of halogens is 1. The van der Waals surface area contributed by atoms with E-state index in [0.29, 0.717) is 23.2 Å². The molecule has 0 saturated heterocycles. The Hall–Kier alpha value is -3.05. The zero-order valence-electron chi connectivity index (χ0n) is 17.5. The van der Waals surface area contributed by atoms with Crippen molar-refractivity contribution in [1.82, 2.24) is 14.1 Å². The smallest absolute Gasteiger partial charge is 0.328 e. The van der Waals surface area contributed by atoms with Crippen LogP contribution < -0.4 is 10.4 Å². The molecule has 0 amide bonds. The zero-order chi connectivity index (χ0) is 21.5. The van der Waals surface area contributed by atoms with Crippen LogP contribution >= 0.6 is 11.6 Å². The van der Waals surface area contributed by atoms with Gasteiger partial charge < -0.3 is 4.74 Å². The molecule has 0 radical (unpaired) electrons. The Morgan fingerprint density at radius 3 is 2.43 bits per heavy atom. The van der Waals surface area contributed by atoms with Gasteiger partial charge in [0.15, 0.2) is 0 Å². The number of ether oxygens (including phenoxy) is 1. The normalized spacial score (nSPS) is 11.8. The van der Waals surface area contributed by atoms with Crippen LogP contribution in [-0.2, 0) is 13.6 Å². The molecule has 0 unspecified atom stereocenters. The molecule has 0 fully saturated rings. The summed E-state index contributed by atoms with van der Waals surface area (Å²) >= 11 is 5.94. The van der Waals surface area contributed by atoms with Crippen molar-refractivity contribution < 1.29 is 4.74 Å². The summed E-state index contributed by atoms with van der Waals surface area (Å²) in [4.78, 5) is 16.8. The van der Waals surface area contributed by atoms with Crippen molar-refractivity contribution in [1.29, 1.82) is 0 Å². The van der Waals surface area contributed by atoms with Crippen molar-refractivity contribution in [3.8, 4) is 22.6 Å². The highest BCUT2D eigenvalue weighted by molar-refractivity contribution is 6.29. The van der Waals surface area contributed by atoms with Gasteiger partial charge >= 0.3 is 5.69 Å². The number of imidazole rings is 1. The van der Waals surface area contributed by atoms with E-state index in [9.17, 15) is 4.79 Å². The van der Waals surface area contributed by atoms with Crippen molar-refractivity contribution in [2.75, 3.05) is 0 Å². The van der Waals surface area contributed by atoms with E-state index in [1.54, 1.807) is 22.9 Å². The number of hydrogen-bond acceptors (Lipinski definition) is 3. The standard InChI is InChI=1S/C24H24ClN3O2/c1-24(2,3)15-28-20-9-8-17(13-21(20)27(4)23(28)29)16-6-5-7-18(12-16)30-19-10-11-26-22(25)14-19/h5-14H,15H2,1-4H3. The summed E-state index contributed by atoms with van der Waals surface area (Å²) in [6.45, 7) is 7.07. The number of benzene rings is 2. The Morgan fingerprint density at radius 1 is 0.967 bits per heavy atom. The van der Waals surface area contributed by atoms with Crippen LogP contribution in [0.2, 0.25) is 5.15 Å². The van der Waals surface area contributed by atoms with Crippen LogP contribution in [0.15, 0.2) is 65.6 Å². The molecule has 0 aliphatic carbocycles. The SMILES string of the molecule is Cn1c(=O)n(CC(C)(C)C)c2ccc(-c3cccc(Oc4ccnc(Cl)c4)c3)cc21. The third-order valence-corrected chi connectivity index (χ3v) is 5.09. The fourth-order valence-corrected chi connectivity index (χ4v) is 3.70. The largest absolute Gasteiger partial charge is 0.457 e. The summed E-state index contributed by atoms with van der Waals surface area (Å²) in [6.07, 6.45) is 1.61. The summed E-state index contributed by atoms with van der Waals surface area (Å²) in [7, 11) is 1.82. The van der Waals surface area contributed by atoms with Gasteiger partial charge in [0.1, 0.15) is 16.7 Å². The summed E-state index contributed by atoms with van der Waals surface area (Å²) < 4.78 is 9.49. The van der Waals surface area contributed by atoms with Crippen molar-refractivity contribution in [2.24, 2.45) is 12.5 Å². The first-order chi connectivity index (χ1) is 14.2. The second kappa shape index (κ2) is 7.65. The third-order valence-electron chi connectivity index (χ3n) is 4.88. The molecule has 0 spiro atoms. The van der Waals surface area contributed by atoms with E-state index < -0.39 is 0 Å². The number of fused-ring (bicyclic) bond motifs is 1. The highest BCUT2D eigenvalue weighted by Gasteiger charge is 2.18. The lowest BCUT2D eigenvalue weighted by atomic mass is 9.97. The monoisotopic (exact) mass is 421 g/mol. The molecule has 0 atom stereocenters. The Morgan fingerprint density at radius 2 is 1.70 bits per heavy atom. The first kappa shape index (κ1) is 20.2. The highest BCUT2D eigenvalue weighted by atomic mass is 35.5. The molecule has 30 heavy (non-hydrogen) atoms.